The summed E-state index contributed by atoms with van der Waals surface area (Å²) in [5, 5.41) is 9.44. The van der Waals surface area contributed by atoms with Crippen LogP contribution in [0.5, 0.6) is 0 Å². The Balaban J connectivity index is 1.57. The van der Waals surface area contributed by atoms with Crippen molar-refractivity contribution in [3.8, 4) is 0 Å². The number of nitrogens with zero attached hydrogens (tertiary/aromatic N) is 3. The molecule has 1 N–H and O–H groups in total. The summed E-state index contributed by atoms with van der Waals surface area (Å²) in [5.41, 5.74) is 0.400. The first kappa shape index (κ1) is 21.0. The van der Waals surface area contributed by atoms with Crippen LogP contribution in [-0.2, 0) is 6.54 Å². The molecule has 2 fully saturated rings. The minimum atomic E-state index is -1.26. The van der Waals surface area contributed by atoms with Gasteiger partial charge in [-0.05, 0) is 51.2 Å². The highest BCUT2D eigenvalue weighted by Gasteiger charge is 2.35. The van der Waals surface area contributed by atoms with E-state index in [1.807, 2.05) is 18.2 Å². The zero-order chi connectivity index (χ0) is 21.1. The molecule has 4 rings (SSSR count). The summed E-state index contributed by atoms with van der Waals surface area (Å²) >= 11 is 0. The van der Waals surface area contributed by atoms with Crippen LogP contribution >= 0.6 is 0 Å². The Morgan fingerprint density at radius 3 is 2.50 bits per heavy atom. The molecule has 2 heterocycles. The van der Waals surface area contributed by atoms with E-state index in [-0.39, 0.29) is 5.69 Å². The van der Waals surface area contributed by atoms with E-state index >= 15 is 0 Å². The molecular formula is C24H33N3O3. The fourth-order valence-corrected chi connectivity index (χ4v) is 5.61. The zero-order valence-electron chi connectivity index (χ0n) is 17.9. The van der Waals surface area contributed by atoms with Crippen molar-refractivity contribution in [1.82, 2.24) is 14.5 Å². The van der Waals surface area contributed by atoms with Crippen molar-refractivity contribution in [2.75, 3.05) is 0 Å². The molecular weight excluding hydrogens is 378 g/mol. The smallest absolute Gasteiger partial charge is 0.360 e. The first-order chi connectivity index (χ1) is 14.6. The Labute approximate surface area is 177 Å². The van der Waals surface area contributed by atoms with Crippen LogP contribution in [0.25, 0.3) is 11.0 Å². The Bertz CT molecular complexity index is 946. The molecule has 1 aliphatic heterocycles. The van der Waals surface area contributed by atoms with Gasteiger partial charge < -0.3 is 9.67 Å². The number of rotatable bonds is 5. The first-order valence-electron chi connectivity index (χ1n) is 11.6. The predicted octanol–water partition coefficient (Wildman–Crippen LogP) is 4.45. The maximum Gasteiger partial charge on any atom is 0.360 e. The second-order valence-electron chi connectivity index (χ2n) is 9.03. The maximum absolute atomic E-state index is 12.9. The van der Waals surface area contributed by atoms with Gasteiger partial charge in [0.15, 0.2) is 0 Å². The molecule has 0 amide bonds. The van der Waals surface area contributed by atoms with E-state index in [0.29, 0.717) is 30.2 Å². The molecule has 2 aliphatic rings. The number of benzene rings is 1. The van der Waals surface area contributed by atoms with Crippen molar-refractivity contribution in [3.05, 3.63) is 40.3 Å². The van der Waals surface area contributed by atoms with Crippen LogP contribution in [-0.4, -0.2) is 43.7 Å². The molecule has 1 saturated carbocycles. The zero-order valence-corrected chi connectivity index (χ0v) is 17.9. The largest absolute Gasteiger partial charge is 0.476 e. The van der Waals surface area contributed by atoms with Crippen molar-refractivity contribution in [2.45, 2.75) is 95.8 Å². The minimum absolute atomic E-state index is 0.384. The molecule has 1 aromatic heterocycles. The van der Waals surface area contributed by atoms with Crippen LogP contribution in [0, 0.1) is 0 Å². The number of aromatic nitrogens is 2. The average Bonchev–Trinajstić information content (AvgIpc) is 3.07. The normalized spacial score (nSPS) is 24.0. The van der Waals surface area contributed by atoms with E-state index in [1.165, 1.54) is 51.4 Å². The number of carbonyl (C=O) groups is 1. The third-order valence-corrected chi connectivity index (χ3v) is 7.09. The summed E-state index contributed by atoms with van der Waals surface area (Å²) in [6.45, 7) is 2.87. The lowest BCUT2D eigenvalue weighted by Crippen LogP contribution is -2.44. The Kier molecular flexibility index (Phi) is 6.52. The van der Waals surface area contributed by atoms with Crippen molar-refractivity contribution < 1.29 is 9.90 Å². The fraction of sp³-hybridized carbons (Fsp3) is 0.625. The number of carboxylic acids is 1. The monoisotopic (exact) mass is 411 g/mol. The molecule has 2 atom stereocenters. The SMILES string of the molecule is C[C@H]1CC[C@@H](CCn2c(=O)c(C(=O)O)nc3ccccc32)N1C1CCCCCCC1. The topological polar surface area (TPSA) is 75.4 Å². The van der Waals surface area contributed by atoms with Gasteiger partial charge in [-0.15, -0.1) is 0 Å². The lowest BCUT2D eigenvalue weighted by atomic mass is 9.94. The minimum Gasteiger partial charge on any atom is -0.476 e. The van der Waals surface area contributed by atoms with Gasteiger partial charge in [0, 0.05) is 24.7 Å². The van der Waals surface area contributed by atoms with E-state index < -0.39 is 11.5 Å². The molecule has 2 aromatic rings. The molecule has 0 unspecified atom stereocenters. The Morgan fingerprint density at radius 2 is 1.77 bits per heavy atom. The summed E-state index contributed by atoms with van der Waals surface area (Å²) in [6.07, 6.45) is 12.5. The Morgan fingerprint density at radius 1 is 1.07 bits per heavy atom. The number of hydrogen-bond donors (Lipinski definition) is 1. The van der Waals surface area contributed by atoms with Gasteiger partial charge >= 0.3 is 5.97 Å². The van der Waals surface area contributed by atoms with Gasteiger partial charge in [0.05, 0.1) is 11.0 Å². The van der Waals surface area contributed by atoms with Gasteiger partial charge in [0.25, 0.3) is 5.56 Å². The highest BCUT2D eigenvalue weighted by molar-refractivity contribution is 5.88. The predicted molar refractivity (Wildman–Crippen MR) is 118 cm³/mol. The summed E-state index contributed by atoms with van der Waals surface area (Å²) in [4.78, 5) is 31.2. The van der Waals surface area contributed by atoms with Gasteiger partial charge in [0.2, 0.25) is 5.69 Å². The van der Waals surface area contributed by atoms with Crippen molar-refractivity contribution in [2.24, 2.45) is 0 Å². The maximum atomic E-state index is 12.9. The number of carboxylic acid groups (broad SMARTS) is 1. The summed E-state index contributed by atoms with van der Waals surface area (Å²) in [7, 11) is 0. The summed E-state index contributed by atoms with van der Waals surface area (Å²) in [5.74, 6) is -1.26. The second-order valence-corrected chi connectivity index (χ2v) is 9.03. The van der Waals surface area contributed by atoms with Gasteiger partial charge in [-0.2, -0.15) is 0 Å². The third-order valence-electron chi connectivity index (χ3n) is 7.09. The molecule has 1 saturated heterocycles. The summed E-state index contributed by atoms with van der Waals surface area (Å²) < 4.78 is 1.63. The van der Waals surface area contributed by atoms with E-state index in [0.717, 1.165) is 18.4 Å². The van der Waals surface area contributed by atoms with Crippen molar-refractivity contribution in [1.29, 1.82) is 0 Å². The van der Waals surface area contributed by atoms with Crippen LogP contribution in [0.3, 0.4) is 0 Å². The van der Waals surface area contributed by atoms with Gasteiger partial charge in [-0.25, -0.2) is 9.78 Å². The van der Waals surface area contributed by atoms with Crippen LogP contribution in [0.4, 0.5) is 0 Å². The molecule has 6 nitrogen and oxygen atoms in total. The summed E-state index contributed by atoms with van der Waals surface area (Å²) in [6, 6.07) is 9.02. The molecule has 0 bridgehead atoms. The highest BCUT2D eigenvalue weighted by atomic mass is 16.4. The third kappa shape index (κ3) is 4.29. The van der Waals surface area contributed by atoms with Crippen molar-refractivity contribution in [3.63, 3.8) is 0 Å². The van der Waals surface area contributed by atoms with Crippen LogP contribution in [0.15, 0.2) is 29.1 Å². The van der Waals surface area contributed by atoms with Crippen LogP contribution < -0.4 is 5.56 Å². The number of aromatic carboxylic acids is 1. The van der Waals surface area contributed by atoms with E-state index in [9.17, 15) is 14.7 Å². The lowest BCUT2D eigenvalue weighted by molar-refractivity contribution is 0.0688. The van der Waals surface area contributed by atoms with Crippen LogP contribution in [0.1, 0.15) is 81.6 Å². The van der Waals surface area contributed by atoms with Gasteiger partial charge in [-0.3, -0.25) is 9.69 Å². The standard InChI is InChI=1S/C24H33N3O3/c1-17-13-14-19(27(17)18-9-5-3-2-4-6-10-18)15-16-26-21-12-8-7-11-20(21)25-22(23(26)28)24(29)30/h7-8,11-12,17-19H,2-6,9-10,13-16H2,1H3,(H,29,30)/t17-,19-/m0/s1. The number of hydrogen-bond acceptors (Lipinski definition) is 4. The van der Waals surface area contributed by atoms with E-state index in [4.69, 9.17) is 0 Å². The molecule has 6 heteroatoms. The van der Waals surface area contributed by atoms with Crippen LogP contribution in [0.2, 0.25) is 0 Å². The number of aryl methyl sites for hydroxylation is 1. The number of likely N-dealkylation sites (tertiary alicyclic amines) is 1. The quantitative estimate of drug-likeness (QED) is 0.787. The molecule has 0 spiro atoms. The highest BCUT2D eigenvalue weighted by Crippen LogP contribution is 2.33. The van der Waals surface area contributed by atoms with Crippen molar-refractivity contribution >= 4 is 17.0 Å². The molecule has 30 heavy (non-hydrogen) atoms. The van der Waals surface area contributed by atoms with E-state index in [2.05, 4.69) is 16.8 Å². The molecule has 162 valence electrons. The Hall–Kier alpha value is -2.21. The van der Waals surface area contributed by atoms with E-state index in [1.54, 1.807) is 10.6 Å². The molecule has 1 aliphatic carbocycles. The lowest BCUT2D eigenvalue weighted by Gasteiger charge is -2.37. The number of fused-ring (bicyclic) bond motifs is 1. The molecule has 1 aromatic carbocycles. The van der Waals surface area contributed by atoms with Gasteiger partial charge in [-0.1, -0.05) is 44.2 Å². The van der Waals surface area contributed by atoms with Gasteiger partial charge in [0.1, 0.15) is 0 Å². The second kappa shape index (κ2) is 9.29. The number of para-hydroxylation sites is 2. The fourth-order valence-electron chi connectivity index (χ4n) is 5.61. The molecule has 0 radical (unpaired) electrons. The average molecular weight is 412 g/mol. The first-order valence-corrected chi connectivity index (χ1v) is 11.6.